The number of hydrogen-bond acceptors (Lipinski definition) is 3. The molecular formula is C10H15N3O3. The molecule has 1 aromatic rings. The largest absolute Gasteiger partial charge is 0.477 e. The summed E-state index contributed by atoms with van der Waals surface area (Å²) < 4.78 is 1.20. The number of carboxylic acids is 1. The molecular weight excluding hydrogens is 210 g/mol. The van der Waals surface area contributed by atoms with Crippen LogP contribution in [0.1, 0.15) is 24.3 Å². The van der Waals surface area contributed by atoms with Crippen LogP contribution < -0.4 is 0 Å². The fourth-order valence-corrected chi connectivity index (χ4v) is 1.44. The minimum Gasteiger partial charge on any atom is -0.477 e. The van der Waals surface area contributed by atoms with Gasteiger partial charge in [0.1, 0.15) is 12.2 Å². The van der Waals surface area contributed by atoms with E-state index < -0.39 is 5.97 Å². The van der Waals surface area contributed by atoms with Crippen LogP contribution in [0.25, 0.3) is 0 Å². The van der Waals surface area contributed by atoms with E-state index in [0.29, 0.717) is 13.1 Å². The Labute approximate surface area is 93.5 Å². The molecule has 0 spiro atoms. The molecule has 0 fully saturated rings. The van der Waals surface area contributed by atoms with Crippen molar-refractivity contribution in [2.45, 2.75) is 20.4 Å². The highest BCUT2D eigenvalue weighted by Crippen LogP contribution is 2.00. The molecule has 88 valence electrons. The average molecular weight is 225 g/mol. The highest BCUT2D eigenvalue weighted by atomic mass is 16.4. The van der Waals surface area contributed by atoms with E-state index in [1.807, 2.05) is 13.8 Å². The maximum Gasteiger partial charge on any atom is 0.354 e. The molecule has 16 heavy (non-hydrogen) atoms. The minimum absolute atomic E-state index is 0.0282. The van der Waals surface area contributed by atoms with E-state index in [-0.39, 0.29) is 18.1 Å². The second-order valence-electron chi connectivity index (χ2n) is 3.25. The van der Waals surface area contributed by atoms with Crippen LogP contribution in [0.4, 0.5) is 0 Å². The maximum atomic E-state index is 11.7. The van der Waals surface area contributed by atoms with Gasteiger partial charge >= 0.3 is 5.97 Å². The van der Waals surface area contributed by atoms with Crippen molar-refractivity contribution in [2.24, 2.45) is 0 Å². The number of likely N-dealkylation sites (N-methyl/N-ethyl adjacent to an activating group) is 1. The summed E-state index contributed by atoms with van der Waals surface area (Å²) in [4.78, 5) is 24.1. The van der Waals surface area contributed by atoms with Crippen LogP contribution in [-0.4, -0.2) is 44.8 Å². The number of carbonyl (C=O) groups is 2. The lowest BCUT2D eigenvalue weighted by atomic mass is 10.4. The molecule has 0 aliphatic rings. The predicted molar refractivity (Wildman–Crippen MR) is 57.1 cm³/mol. The summed E-state index contributed by atoms with van der Waals surface area (Å²) in [6.07, 6.45) is 1.37. The normalized spacial score (nSPS) is 10.1. The van der Waals surface area contributed by atoms with Gasteiger partial charge in [-0.3, -0.25) is 4.79 Å². The van der Waals surface area contributed by atoms with Crippen LogP contribution in [0.15, 0.2) is 12.3 Å². The van der Waals surface area contributed by atoms with Gasteiger partial charge in [0.05, 0.1) is 0 Å². The summed E-state index contributed by atoms with van der Waals surface area (Å²) in [5.41, 5.74) is 0.0282. The topological polar surface area (TPSA) is 75.4 Å². The molecule has 1 amide bonds. The van der Waals surface area contributed by atoms with Crippen molar-refractivity contribution < 1.29 is 14.7 Å². The lowest BCUT2D eigenvalue weighted by Gasteiger charge is -2.18. The van der Waals surface area contributed by atoms with Crippen molar-refractivity contribution in [1.29, 1.82) is 0 Å². The first-order chi connectivity index (χ1) is 7.60. The van der Waals surface area contributed by atoms with E-state index in [0.717, 1.165) is 0 Å². The van der Waals surface area contributed by atoms with Crippen molar-refractivity contribution in [3.05, 3.63) is 18.0 Å². The lowest BCUT2D eigenvalue weighted by Crippen LogP contribution is -2.34. The zero-order valence-corrected chi connectivity index (χ0v) is 9.38. The minimum atomic E-state index is -1.08. The van der Waals surface area contributed by atoms with Gasteiger partial charge in [-0.25, -0.2) is 9.48 Å². The van der Waals surface area contributed by atoms with Crippen molar-refractivity contribution in [2.75, 3.05) is 13.1 Å². The first kappa shape index (κ1) is 12.2. The Balaban J connectivity index is 2.76. The number of aromatic nitrogens is 2. The Hall–Kier alpha value is -1.85. The van der Waals surface area contributed by atoms with E-state index in [1.54, 1.807) is 4.90 Å². The van der Waals surface area contributed by atoms with E-state index >= 15 is 0 Å². The molecule has 0 radical (unpaired) electrons. The summed E-state index contributed by atoms with van der Waals surface area (Å²) in [5.74, 6) is -1.21. The molecule has 0 aromatic carbocycles. The van der Waals surface area contributed by atoms with Crippen molar-refractivity contribution >= 4 is 11.9 Å². The van der Waals surface area contributed by atoms with Gasteiger partial charge in [0, 0.05) is 19.3 Å². The monoisotopic (exact) mass is 225 g/mol. The highest BCUT2D eigenvalue weighted by Gasteiger charge is 2.15. The number of carboxylic acid groups (broad SMARTS) is 1. The van der Waals surface area contributed by atoms with Crippen LogP contribution in [0.2, 0.25) is 0 Å². The van der Waals surface area contributed by atoms with Gasteiger partial charge in [0.2, 0.25) is 5.91 Å². The quantitative estimate of drug-likeness (QED) is 0.789. The zero-order valence-electron chi connectivity index (χ0n) is 9.38. The summed E-state index contributed by atoms with van der Waals surface area (Å²) in [5, 5.41) is 12.7. The molecule has 6 heteroatoms. The molecule has 0 saturated carbocycles. The number of amides is 1. The third kappa shape index (κ3) is 2.59. The number of rotatable bonds is 5. The molecule has 1 rings (SSSR count). The predicted octanol–water partition coefficient (Wildman–Crippen LogP) is 0.450. The van der Waals surface area contributed by atoms with Gasteiger partial charge < -0.3 is 10.0 Å². The lowest BCUT2D eigenvalue weighted by molar-refractivity contribution is -0.131. The Kier molecular flexibility index (Phi) is 4.04. The standard InChI is InChI=1S/C10H15N3O3/c1-3-12(4-2)9(14)7-13-8(10(15)16)5-6-11-13/h5-6H,3-4,7H2,1-2H3,(H,15,16). The molecule has 0 bridgehead atoms. The van der Waals surface area contributed by atoms with Crippen molar-refractivity contribution in [3.63, 3.8) is 0 Å². The fourth-order valence-electron chi connectivity index (χ4n) is 1.44. The molecule has 0 aliphatic carbocycles. The first-order valence-corrected chi connectivity index (χ1v) is 5.13. The third-order valence-electron chi connectivity index (χ3n) is 2.34. The molecule has 0 unspecified atom stereocenters. The highest BCUT2D eigenvalue weighted by molar-refractivity contribution is 5.86. The molecule has 0 atom stereocenters. The summed E-state index contributed by atoms with van der Waals surface area (Å²) in [7, 11) is 0. The van der Waals surface area contributed by atoms with E-state index in [2.05, 4.69) is 5.10 Å². The average Bonchev–Trinajstić information content (AvgIpc) is 2.67. The first-order valence-electron chi connectivity index (χ1n) is 5.13. The van der Waals surface area contributed by atoms with Gasteiger partial charge in [0.15, 0.2) is 0 Å². The number of nitrogens with zero attached hydrogens (tertiary/aromatic N) is 3. The van der Waals surface area contributed by atoms with Crippen LogP contribution >= 0.6 is 0 Å². The summed E-state index contributed by atoms with van der Waals surface area (Å²) in [6.45, 7) is 4.94. The number of aromatic carboxylic acids is 1. The van der Waals surface area contributed by atoms with E-state index in [1.165, 1.54) is 16.9 Å². The molecule has 0 aliphatic heterocycles. The van der Waals surface area contributed by atoms with Crippen LogP contribution in [-0.2, 0) is 11.3 Å². The number of hydrogen-bond donors (Lipinski definition) is 1. The van der Waals surface area contributed by atoms with Crippen LogP contribution in [0.5, 0.6) is 0 Å². The fraction of sp³-hybridized carbons (Fsp3) is 0.500. The van der Waals surface area contributed by atoms with Crippen LogP contribution in [0.3, 0.4) is 0 Å². The Morgan fingerprint density at radius 2 is 2.06 bits per heavy atom. The molecule has 6 nitrogen and oxygen atoms in total. The van der Waals surface area contributed by atoms with E-state index in [4.69, 9.17) is 5.11 Å². The molecule has 0 saturated heterocycles. The van der Waals surface area contributed by atoms with Crippen molar-refractivity contribution in [1.82, 2.24) is 14.7 Å². The van der Waals surface area contributed by atoms with Gasteiger partial charge in [-0.15, -0.1) is 0 Å². The van der Waals surface area contributed by atoms with Gasteiger partial charge in [0.25, 0.3) is 0 Å². The SMILES string of the molecule is CCN(CC)C(=O)Cn1nccc1C(=O)O. The van der Waals surface area contributed by atoms with E-state index in [9.17, 15) is 9.59 Å². The Bertz CT molecular complexity index is 382. The van der Waals surface area contributed by atoms with Gasteiger partial charge in [-0.05, 0) is 19.9 Å². The molecule has 1 N–H and O–H groups in total. The Morgan fingerprint density at radius 3 is 2.56 bits per heavy atom. The van der Waals surface area contributed by atoms with Gasteiger partial charge in [-0.2, -0.15) is 5.10 Å². The maximum absolute atomic E-state index is 11.7. The number of carbonyl (C=O) groups excluding carboxylic acids is 1. The molecule has 1 heterocycles. The molecule has 1 aromatic heterocycles. The second-order valence-corrected chi connectivity index (χ2v) is 3.25. The zero-order chi connectivity index (χ0) is 12.1. The summed E-state index contributed by atoms with van der Waals surface area (Å²) >= 11 is 0. The third-order valence-corrected chi connectivity index (χ3v) is 2.34. The van der Waals surface area contributed by atoms with Gasteiger partial charge in [-0.1, -0.05) is 0 Å². The summed E-state index contributed by atoms with van der Waals surface area (Å²) in [6, 6.07) is 1.37. The second kappa shape index (κ2) is 5.29. The Morgan fingerprint density at radius 1 is 1.44 bits per heavy atom. The smallest absolute Gasteiger partial charge is 0.354 e. The van der Waals surface area contributed by atoms with Crippen LogP contribution in [0, 0.1) is 0 Å². The van der Waals surface area contributed by atoms with Crippen molar-refractivity contribution in [3.8, 4) is 0 Å².